The van der Waals surface area contributed by atoms with Crippen LogP contribution in [-0.2, 0) is 10.3 Å². The van der Waals surface area contributed by atoms with E-state index in [1.54, 1.807) is 0 Å². The summed E-state index contributed by atoms with van der Waals surface area (Å²) < 4.78 is 0. The molecule has 0 amide bonds. The number of aliphatic carboxylic acids is 1. The van der Waals surface area contributed by atoms with Crippen LogP contribution in [0.5, 0.6) is 0 Å². The van der Waals surface area contributed by atoms with Crippen LogP contribution >= 0.6 is 0 Å². The van der Waals surface area contributed by atoms with E-state index in [2.05, 4.69) is 12.1 Å². The van der Waals surface area contributed by atoms with Crippen molar-refractivity contribution in [3.05, 3.63) is 60.2 Å². The summed E-state index contributed by atoms with van der Waals surface area (Å²) in [4.78, 5) is 13.8. The molecule has 1 saturated heterocycles. The second-order valence-electron chi connectivity index (χ2n) is 5.63. The van der Waals surface area contributed by atoms with Gasteiger partial charge in [0.05, 0.1) is 0 Å². The lowest BCUT2D eigenvalue weighted by molar-refractivity contribution is -0.149. The third kappa shape index (κ3) is 2.24. The lowest BCUT2D eigenvalue weighted by atomic mass is 9.86. The van der Waals surface area contributed by atoms with Crippen molar-refractivity contribution in [2.45, 2.75) is 18.4 Å². The van der Waals surface area contributed by atoms with Gasteiger partial charge in [-0.15, -0.1) is 0 Å². The summed E-state index contributed by atoms with van der Waals surface area (Å²) >= 11 is 0. The van der Waals surface area contributed by atoms with Gasteiger partial charge in [0.2, 0.25) is 0 Å². The van der Waals surface area contributed by atoms with E-state index in [0.717, 1.165) is 29.7 Å². The van der Waals surface area contributed by atoms with E-state index in [0.29, 0.717) is 6.42 Å². The summed E-state index contributed by atoms with van der Waals surface area (Å²) in [5.41, 5.74) is 2.26. The number of likely N-dealkylation sites (N-methyl/N-ethyl adjacent to an activating group) is 1. The van der Waals surface area contributed by atoms with Gasteiger partial charge >= 0.3 is 5.97 Å². The number of carboxylic acids is 1. The average Bonchev–Trinajstić information content (AvgIpc) is 2.91. The van der Waals surface area contributed by atoms with Crippen LogP contribution in [0, 0.1) is 0 Å². The maximum absolute atomic E-state index is 11.8. The Labute approximate surface area is 124 Å². The lowest BCUT2D eigenvalue weighted by Gasteiger charge is -2.32. The molecule has 3 heteroatoms. The third-order valence-electron chi connectivity index (χ3n) is 4.51. The summed E-state index contributed by atoms with van der Waals surface area (Å²) in [6.07, 6.45) is 1.59. The minimum absolute atomic E-state index is 0.670. The van der Waals surface area contributed by atoms with E-state index in [1.165, 1.54) is 0 Å². The van der Waals surface area contributed by atoms with Gasteiger partial charge in [-0.2, -0.15) is 0 Å². The lowest BCUT2D eigenvalue weighted by Crippen LogP contribution is -2.45. The fourth-order valence-electron chi connectivity index (χ4n) is 3.28. The molecule has 1 aliphatic rings. The van der Waals surface area contributed by atoms with Crippen LogP contribution in [0.2, 0.25) is 0 Å². The quantitative estimate of drug-likeness (QED) is 0.938. The van der Waals surface area contributed by atoms with Gasteiger partial charge in [0.1, 0.15) is 5.54 Å². The van der Waals surface area contributed by atoms with Crippen LogP contribution in [0.4, 0.5) is 0 Å². The maximum Gasteiger partial charge on any atom is 0.328 e. The van der Waals surface area contributed by atoms with Gasteiger partial charge in [-0.3, -0.25) is 4.90 Å². The summed E-state index contributed by atoms with van der Waals surface area (Å²) in [7, 11) is 1.90. The molecule has 3 rings (SSSR count). The average molecular weight is 281 g/mol. The van der Waals surface area contributed by atoms with Crippen molar-refractivity contribution >= 4 is 5.97 Å². The first kappa shape index (κ1) is 13.8. The first-order valence-corrected chi connectivity index (χ1v) is 7.25. The Kier molecular flexibility index (Phi) is 3.52. The number of carboxylic acid groups (broad SMARTS) is 1. The molecule has 2 aromatic carbocycles. The Morgan fingerprint density at radius 2 is 1.67 bits per heavy atom. The van der Waals surface area contributed by atoms with Gasteiger partial charge in [-0.25, -0.2) is 4.79 Å². The van der Waals surface area contributed by atoms with Gasteiger partial charge in [-0.1, -0.05) is 54.6 Å². The number of hydrogen-bond acceptors (Lipinski definition) is 2. The molecule has 1 heterocycles. The number of benzene rings is 2. The van der Waals surface area contributed by atoms with Crippen molar-refractivity contribution < 1.29 is 9.90 Å². The molecule has 0 aliphatic carbocycles. The van der Waals surface area contributed by atoms with E-state index in [-0.39, 0.29) is 0 Å². The van der Waals surface area contributed by atoms with E-state index in [1.807, 2.05) is 54.4 Å². The van der Waals surface area contributed by atoms with Gasteiger partial charge in [0.15, 0.2) is 0 Å². The molecule has 1 atom stereocenters. The highest BCUT2D eigenvalue weighted by Gasteiger charge is 2.47. The molecule has 0 radical (unpaired) electrons. The standard InChI is InChI=1S/C18H19NO2/c1-19-13-5-12-18(19,17(20)21)16-10-8-15(9-11-16)14-6-3-2-4-7-14/h2-4,6-11H,5,12-13H2,1H3,(H,20,21)/t18-/m0/s1. The zero-order chi connectivity index (χ0) is 14.9. The Bertz CT molecular complexity index is 636. The Hall–Kier alpha value is -2.13. The third-order valence-corrected chi connectivity index (χ3v) is 4.51. The highest BCUT2D eigenvalue weighted by Crippen LogP contribution is 2.38. The topological polar surface area (TPSA) is 40.5 Å². The summed E-state index contributed by atoms with van der Waals surface area (Å²) in [5, 5.41) is 9.73. The molecule has 108 valence electrons. The maximum atomic E-state index is 11.8. The first-order valence-electron chi connectivity index (χ1n) is 7.25. The molecule has 0 spiro atoms. The minimum atomic E-state index is -0.866. The number of hydrogen-bond donors (Lipinski definition) is 1. The SMILES string of the molecule is CN1CCC[C@@]1(C(=O)O)c1ccc(-c2ccccc2)cc1. The van der Waals surface area contributed by atoms with E-state index < -0.39 is 11.5 Å². The summed E-state index contributed by atoms with van der Waals surface area (Å²) in [6, 6.07) is 18.1. The van der Waals surface area contributed by atoms with Crippen LogP contribution < -0.4 is 0 Å². The van der Waals surface area contributed by atoms with Crippen LogP contribution in [-0.4, -0.2) is 29.6 Å². The number of nitrogens with zero attached hydrogens (tertiary/aromatic N) is 1. The van der Waals surface area contributed by atoms with Gasteiger partial charge < -0.3 is 5.11 Å². The van der Waals surface area contributed by atoms with Crippen molar-refractivity contribution in [1.29, 1.82) is 0 Å². The molecular weight excluding hydrogens is 262 g/mol. The zero-order valence-corrected chi connectivity index (χ0v) is 12.1. The molecule has 0 bridgehead atoms. The highest BCUT2D eigenvalue weighted by atomic mass is 16.4. The molecular formula is C18H19NO2. The first-order chi connectivity index (χ1) is 10.1. The van der Waals surface area contributed by atoms with Crippen LogP contribution in [0.25, 0.3) is 11.1 Å². The van der Waals surface area contributed by atoms with E-state index in [9.17, 15) is 9.90 Å². The van der Waals surface area contributed by atoms with Crippen molar-refractivity contribution in [3.8, 4) is 11.1 Å². The van der Waals surface area contributed by atoms with Gasteiger partial charge in [0, 0.05) is 0 Å². The van der Waals surface area contributed by atoms with Crippen molar-refractivity contribution in [2.24, 2.45) is 0 Å². The molecule has 0 unspecified atom stereocenters. The molecule has 3 nitrogen and oxygen atoms in total. The fourth-order valence-corrected chi connectivity index (χ4v) is 3.28. The largest absolute Gasteiger partial charge is 0.480 e. The number of rotatable bonds is 3. The summed E-state index contributed by atoms with van der Waals surface area (Å²) in [6.45, 7) is 0.826. The number of carbonyl (C=O) groups is 1. The van der Waals surface area contributed by atoms with Crippen LogP contribution in [0.15, 0.2) is 54.6 Å². The normalized spacial score (nSPS) is 22.3. The predicted octanol–water partition coefficient (Wildman–Crippen LogP) is 3.36. The van der Waals surface area contributed by atoms with Crippen molar-refractivity contribution in [3.63, 3.8) is 0 Å². The smallest absolute Gasteiger partial charge is 0.328 e. The van der Waals surface area contributed by atoms with Crippen molar-refractivity contribution in [2.75, 3.05) is 13.6 Å². The second-order valence-corrected chi connectivity index (χ2v) is 5.63. The van der Waals surface area contributed by atoms with Crippen molar-refractivity contribution in [1.82, 2.24) is 4.90 Å². The van der Waals surface area contributed by atoms with E-state index in [4.69, 9.17) is 0 Å². The molecule has 21 heavy (non-hydrogen) atoms. The minimum Gasteiger partial charge on any atom is -0.480 e. The molecule has 1 fully saturated rings. The van der Waals surface area contributed by atoms with Crippen LogP contribution in [0.1, 0.15) is 18.4 Å². The molecule has 0 saturated carbocycles. The molecule has 1 aliphatic heterocycles. The van der Waals surface area contributed by atoms with E-state index >= 15 is 0 Å². The predicted molar refractivity (Wildman–Crippen MR) is 83.1 cm³/mol. The molecule has 0 aromatic heterocycles. The fraction of sp³-hybridized carbons (Fsp3) is 0.278. The van der Waals surface area contributed by atoms with Gasteiger partial charge in [0.25, 0.3) is 0 Å². The second kappa shape index (κ2) is 5.34. The molecule has 1 N–H and O–H groups in total. The van der Waals surface area contributed by atoms with Crippen LogP contribution in [0.3, 0.4) is 0 Å². The Balaban J connectivity index is 1.99. The molecule has 2 aromatic rings. The Morgan fingerprint density at radius 1 is 1.05 bits per heavy atom. The highest BCUT2D eigenvalue weighted by molar-refractivity contribution is 5.81. The number of likely N-dealkylation sites (tertiary alicyclic amines) is 1. The zero-order valence-electron chi connectivity index (χ0n) is 12.1. The Morgan fingerprint density at radius 3 is 2.19 bits per heavy atom. The summed E-state index contributed by atoms with van der Waals surface area (Å²) in [5.74, 6) is -0.755. The van der Waals surface area contributed by atoms with Gasteiger partial charge in [-0.05, 0) is 43.1 Å². The monoisotopic (exact) mass is 281 g/mol.